The number of carbonyl (C=O) groups excluding carboxylic acids is 1. The molecular formula is C23H24N2O. The molecule has 0 aliphatic heterocycles. The Balaban J connectivity index is 1.97. The highest BCUT2D eigenvalue weighted by atomic mass is 16.2. The number of hydrogen-bond donors (Lipinski definition) is 1. The molecule has 0 fully saturated rings. The van der Waals surface area contributed by atoms with Crippen LogP contribution in [-0.4, -0.2) is 23.4 Å². The minimum atomic E-state index is -0.0495. The third kappa shape index (κ3) is 4.01. The average Bonchev–Trinajstić information content (AvgIpc) is 2.72. The highest BCUT2D eigenvalue weighted by Gasteiger charge is 2.23. The van der Waals surface area contributed by atoms with Crippen LogP contribution in [0.1, 0.15) is 22.8 Å². The van der Waals surface area contributed by atoms with Gasteiger partial charge < -0.3 is 10.6 Å². The molecule has 3 rings (SSSR count). The van der Waals surface area contributed by atoms with Crippen molar-refractivity contribution < 1.29 is 4.79 Å². The molecule has 3 heteroatoms. The SMILES string of the molecule is C[C@@H](CN)N(Cc1ccccc1)C(=O)c1ccccc1-c1ccccc1. The Hall–Kier alpha value is -2.91. The molecule has 0 aromatic heterocycles. The van der Waals surface area contributed by atoms with Gasteiger partial charge in [-0.3, -0.25) is 4.79 Å². The van der Waals surface area contributed by atoms with Crippen LogP contribution in [0.15, 0.2) is 84.9 Å². The van der Waals surface area contributed by atoms with Gasteiger partial charge in [0, 0.05) is 24.7 Å². The number of carbonyl (C=O) groups is 1. The predicted molar refractivity (Wildman–Crippen MR) is 107 cm³/mol. The molecule has 0 aliphatic carbocycles. The van der Waals surface area contributed by atoms with Gasteiger partial charge >= 0.3 is 0 Å². The third-order valence-corrected chi connectivity index (χ3v) is 4.57. The lowest BCUT2D eigenvalue weighted by molar-refractivity contribution is 0.0682. The third-order valence-electron chi connectivity index (χ3n) is 4.57. The molecule has 1 amide bonds. The molecule has 0 saturated carbocycles. The summed E-state index contributed by atoms with van der Waals surface area (Å²) >= 11 is 0. The van der Waals surface area contributed by atoms with E-state index in [1.165, 1.54) is 0 Å². The fourth-order valence-electron chi connectivity index (χ4n) is 3.03. The zero-order chi connectivity index (χ0) is 18.4. The fraction of sp³-hybridized carbons (Fsp3) is 0.174. The van der Waals surface area contributed by atoms with E-state index in [2.05, 4.69) is 0 Å². The zero-order valence-corrected chi connectivity index (χ0v) is 15.0. The van der Waals surface area contributed by atoms with Gasteiger partial charge in [-0.2, -0.15) is 0 Å². The van der Waals surface area contributed by atoms with E-state index in [-0.39, 0.29) is 11.9 Å². The molecule has 0 bridgehead atoms. The van der Waals surface area contributed by atoms with Crippen molar-refractivity contribution in [3.63, 3.8) is 0 Å². The number of rotatable bonds is 6. The molecular weight excluding hydrogens is 320 g/mol. The smallest absolute Gasteiger partial charge is 0.255 e. The summed E-state index contributed by atoms with van der Waals surface area (Å²) in [6, 6.07) is 27.8. The standard InChI is InChI=1S/C23H24N2O/c1-18(16-24)25(17-19-10-4-2-5-11-19)23(26)22-15-9-8-14-21(22)20-12-6-3-7-13-20/h2-15,18H,16-17,24H2,1H3/t18-/m0/s1. The summed E-state index contributed by atoms with van der Waals surface area (Å²) in [7, 11) is 0. The van der Waals surface area contributed by atoms with Gasteiger partial charge in [0.05, 0.1) is 0 Å². The van der Waals surface area contributed by atoms with Crippen LogP contribution in [0.5, 0.6) is 0 Å². The van der Waals surface area contributed by atoms with Crippen molar-refractivity contribution in [2.75, 3.05) is 6.54 Å². The predicted octanol–water partition coefficient (Wildman–Crippen LogP) is 4.34. The Labute approximate surface area is 155 Å². The highest BCUT2D eigenvalue weighted by molar-refractivity contribution is 6.01. The average molecular weight is 344 g/mol. The molecule has 0 heterocycles. The van der Waals surface area contributed by atoms with E-state index in [0.29, 0.717) is 18.7 Å². The Morgan fingerprint density at radius 2 is 1.46 bits per heavy atom. The van der Waals surface area contributed by atoms with E-state index in [4.69, 9.17) is 5.73 Å². The van der Waals surface area contributed by atoms with Gasteiger partial charge in [0.2, 0.25) is 0 Å². The monoisotopic (exact) mass is 344 g/mol. The van der Waals surface area contributed by atoms with Crippen LogP contribution >= 0.6 is 0 Å². The van der Waals surface area contributed by atoms with Gasteiger partial charge in [0.15, 0.2) is 0 Å². The summed E-state index contributed by atoms with van der Waals surface area (Å²) < 4.78 is 0. The minimum Gasteiger partial charge on any atom is -0.330 e. The van der Waals surface area contributed by atoms with Crippen molar-refractivity contribution in [2.24, 2.45) is 5.73 Å². The fourth-order valence-corrected chi connectivity index (χ4v) is 3.03. The number of nitrogens with zero attached hydrogens (tertiary/aromatic N) is 1. The van der Waals surface area contributed by atoms with Crippen LogP contribution in [-0.2, 0) is 6.54 Å². The van der Waals surface area contributed by atoms with E-state index in [9.17, 15) is 4.79 Å². The highest BCUT2D eigenvalue weighted by Crippen LogP contribution is 2.25. The zero-order valence-electron chi connectivity index (χ0n) is 15.0. The van der Waals surface area contributed by atoms with Gasteiger partial charge in [-0.05, 0) is 29.7 Å². The maximum absolute atomic E-state index is 13.4. The number of hydrogen-bond acceptors (Lipinski definition) is 2. The second-order valence-electron chi connectivity index (χ2n) is 6.41. The molecule has 2 N–H and O–H groups in total. The molecule has 26 heavy (non-hydrogen) atoms. The second kappa shape index (κ2) is 8.45. The molecule has 0 unspecified atom stereocenters. The molecule has 0 saturated heterocycles. The largest absolute Gasteiger partial charge is 0.330 e. The van der Waals surface area contributed by atoms with Crippen molar-refractivity contribution in [1.82, 2.24) is 4.90 Å². The molecule has 3 nitrogen and oxygen atoms in total. The Kier molecular flexibility index (Phi) is 5.82. The Morgan fingerprint density at radius 3 is 2.12 bits per heavy atom. The molecule has 3 aromatic carbocycles. The first kappa shape index (κ1) is 17.9. The van der Waals surface area contributed by atoms with Crippen LogP contribution in [0.2, 0.25) is 0 Å². The van der Waals surface area contributed by atoms with Crippen molar-refractivity contribution in [3.8, 4) is 11.1 Å². The van der Waals surface area contributed by atoms with Crippen LogP contribution in [0.25, 0.3) is 11.1 Å². The van der Waals surface area contributed by atoms with Gasteiger partial charge in [0.25, 0.3) is 5.91 Å². The van der Waals surface area contributed by atoms with E-state index in [0.717, 1.165) is 16.7 Å². The summed E-state index contributed by atoms with van der Waals surface area (Å²) in [5.74, 6) is 0.00579. The van der Waals surface area contributed by atoms with E-state index in [1.807, 2.05) is 96.8 Å². The first-order valence-corrected chi connectivity index (χ1v) is 8.90. The van der Waals surface area contributed by atoms with Gasteiger partial charge in [-0.15, -0.1) is 0 Å². The van der Waals surface area contributed by atoms with Gasteiger partial charge in [0.1, 0.15) is 0 Å². The maximum Gasteiger partial charge on any atom is 0.255 e. The number of amides is 1. The summed E-state index contributed by atoms with van der Waals surface area (Å²) in [6.45, 7) is 2.96. The summed E-state index contributed by atoms with van der Waals surface area (Å²) in [5, 5.41) is 0. The normalized spacial score (nSPS) is 11.8. The van der Waals surface area contributed by atoms with Crippen LogP contribution in [0, 0.1) is 0 Å². The van der Waals surface area contributed by atoms with E-state index >= 15 is 0 Å². The first-order chi connectivity index (χ1) is 12.7. The summed E-state index contributed by atoms with van der Waals surface area (Å²) in [6.07, 6.45) is 0. The van der Waals surface area contributed by atoms with Crippen molar-refractivity contribution in [3.05, 3.63) is 96.1 Å². The van der Waals surface area contributed by atoms with Crippen molar-refractivity contribution in [1.29, 1.82) is 0 Å². The van der Waals surface area contributed by atoms with E-state index < -0.39 is 0 Å². The lowest BCUT2D eigenvalue weighted by Gasteiger charge is -2.29. The van der Waals surface area contributed by atoms with Gasteiger partial charge in [-0.25, -0.2) is 0 Å². The Bertz CT molecular complexity index is 846. The van der Waals surface area contributed by atoms with Crippen LogP contribution < -0.4 is 5.73 Å². The Morgan fingerprint density at radius 1 is 0.885 bits per heavy atom. The lowest BCUT2D eigenvalue weighted by Crippen LogP contribution is -2.42. The first-order valence-electron chi connectivity index (χ1n) is 8.90. The maximum atomic E-state index is 13.4. The molecule has 0 spiro atoms. The van der Waals surface area contributed by atoms with Crippen molar-refractivity contribution >= 4 is 5.91 Å². The molecule has 0 aliphatic rings. The lowest BCUT2D eigenvalue weighted by atomic mass is 9.98. The van der Waals surface area contributed by atoms with Crippen LogP contribution in [0.4, 0.5) is 0 Å². The number of benzene rings is 3. The summed E-state index contributed by atoms with van der Waals surface area (Å²) in [4.78, 5) is 15.3. The number of nitrogens with two attached hydrogens (primary N) is 1. The summed E-state index contributed by atoms with van der Waals surface area (Å²) in [5.41, 5.74) is 9.68. The quantitative estimate of drug-likeness (QED) is 0.723. The van der Waals surface area contributed by atoms with Crippen molar-refractivity contribution in [2.45, 2.75) is 19.5 Å². The second-order valence-corrected chi connectivity index (χ2v) is 6.41. The van der Waals surface area contributed by atoms with Gasteiger partial charge in [-0.1, -0.05) is 78.9 Å². The topological polar surface area (TPSA) is 46.3 Å². The molecule has 3 aromatic rings. The molecule has 132 valence electrons. The van der Waals surface area contributed by atoms with Crippen LogP contribution in [0.3, 0.4) is 0 Å². The molecule has 0 radical (unpaired) electrons. The minimum absolute atomic E-state index is 0.00579. The molecule has 1 atom stereocenters. The van der Waals surface area contributed by atoms with E-state index in [1.54, 1.807) is 0 Å².